The number of halogens is 1. The lowest BCUT2D eigenvalue weighted by atomic mass is 10.0. The third-order valence-corrected chi connectivity index (χ3v) is 4.51. The van der Waals surface area contributed by atoms with Crippen molar-refractivity contribution >= 4 is 34.2 Å². The van der Waals surface area contributed by atoms with Crippen molar-refractivity contribution in [3.63, 3.8) is 0 Å². The van der Waals surface area contributed by atoms with E-state index in [9.17, 15) is 4.79 Å². The highest BCUT2D eigenvalue weighted by Gasteiger charge is 2.21. The molecule has 20 heavy (non-hydrogen) atoms. The minimum Gasteiger partial charge on any atom is -0.496 e. The number of carbonyl (C=O) groups is 1. The van der Waals surface area contributed by atoms with Crippen LogP contribution in [0, 0.1) is 9.49 Å². The fourth-order valence-corrected chi connectivity index (χ4v) is 3.22. The number of hydrogen-bond acceptors (Lipinski definition) is 3. The second-order valence-electron chi connectivity index (χ2n) is 4.89. The van der Waals surface area contributed by atoms with Crippen LogP contribution >= 0.6 is 22.6 Å². The molecular formula is C15H19IN2O2. The topological polar surface area (TPSA) is 50.7 Å². The molecule has 0 spiro atoms. The summed E-state index contributed by atoms with van der Waals surface area (Å²) >= 11 is 2.15. The molecule has 0 bridgehead atoms. The van der Waals surface area contributed by atoms with Gasteiger partial charge in [0.1, 0.15) is 5.75 Å². The largest absolute Gasteiger partial charge is 0.496 e. The summed E-state index contributed by atoms with van der Waals surface area (Å²) in [6, 6.07) is 5.36. The molecule has 1 aromatic rings. The summed E-state index contributed by atoms with van der Waals surface area (Å²) in [5.74, 6) is 1.14. The molecule has 0 saturated heterocycles. The smallest absolute Gasteiger partial charge is 0.271 e. The first-order valence-corrected chi connectivity index (χ1v) is 7.94. The van der Waals surface area contributed by atoms with E-state index in [1.807, 2.05) is 0 Å². The van der Waals surface area contributed by atoms with Crippen LogP contribution in [0.2, 0.25) is 0 Å². The summed E-state index contributed by atoms with van der Waals surface area (Å²) in [4.78, 5) is 12.1. The van der Waals surface area contributed by atoms with Crippen molar-refractivity contribution in [3.8, 4) is 5.75 Å². The SMILES string of the molecule is CCC1CCCC1=NNC(=O)c1ccc(OC)c(I)c1. The maximum absolute atomic E-state index is 12.1. The van der Waals surface area contributed by atoms with Gasteiger partial charge >= 0.3 is 0 Å². The monoisotopic (exact) mass is 386 g/mol. The van der Waals surface area contributed by atoms with Crippen molar-refractivity contribution in [1.82, 2.24) is 5.43 Å². The Morgan fingerprint density at radius 1 is 1.55 bits per heavy atom. The molecule has 0 aliphatic heterocycles. The first-order chi connectivity index (χ1) is 9.65. The molecule has 1 saturated carbocycles. The van der Waals surface area contributed by atoms with Crippen LogP contribution in [0.15, 0.2) is 23.3 Å². The summed E-state index contributed by atoms with van der Waals surface area (Å²) in [7, 11) is 1.62. The highest BCUT2D eigenvalue weighted by Crippen LogP contribution is 2.25. The summed E-state index contributed by atoms with van der Waals surface area (Å²) in [5, 5.41) is 4.31. The molecule has 1 N–H and O–H groups in total. The van der Waals surface area contributed by atoms with Crippen molar-refractivity contribution in [2.45, 2.75) is 32.6 Å². The van der Waals surface area contributed by atoms with Gasteiger partial charge in [-0.3, -0.25) is 4.79 Å². The average Bonchev–Trinajstić information content (AvgIpc) is 2.92. The number of ether oxygens (including phenoxy) is 1. The number of nitrogens with zero attached hydrogens (tertiary/aromatic N) is 1. The summed E-state index contributed by atoms with van der Waals surface area (Å²) < 4.78 is 6.10. The standard InChI is InChI=1S/C15H19IN2O2/c1-3-10-5-4-6-13(10)17-18-15(19)11-7-8-14(20-2)12(16)9-11/h7-10H,3-6H2,1-2H3,(H,18,19). The van der Waals surface area contributed by atoms with Gasteiger partial charge in [0.25, 0.3) is 5.91 Å². The Bertz CT molecular complexity index is 529. The molecule has 0 heterocycles. The van der Waals surface area contributed by atoms with Crippen LogP contribution in [-0.2, 0) is 0 Å². The van der Waals surface area contributed by atoms with E-state index in [0.29, 0.717) is 11.5 Å². The van der Waals surface area contributed by atoms with E-state index in [-0.39, 0.29) is 5.91 Å². The van der Waals surface area contributed by atoms with E-state index in [1.54, 1.807) is 25.3 Å². The first-order valence-electron chi connectivity index (χ1n) is 6.86. The molecule has 4 nitrogen and oxygen atoms in total. The number of hydrazone groups is 1. The lowest BCUT2D eigenvalue weighted by molar-refractivity contribution is 0.0954. The van der Waals surface area contributed by atoms with Gasteiger partial charge in [-0.1, -0.05) is 6.92 Å². The minimum absolute atomic E-state index is 0.167. The fraction of sp³-hybridized carbons (Fsp3) is 0.467. The van der Waals surface area contributed by atoms with Gasteiger partial charge in [0.15, 0.2) is 0 Å². The highest BCUT2D eigenvalue weighted by atomic mass is 127. The zero-order valence-corrected chi connectivity index (χ0v) is 13.9. The fourth-order valence-electron chi connectivity index (χ4n) is 2.48. The van der Waals surface area contributed by atoms with Crippen LogP contribution in [0.4, 0.5) is 0 Å². The third kappa shape index (κ3) is 3.50. The normalized spacial score (nSPS) is 20.1. The van der Waals surface area contributed by atoms with E-state index in [2.05, 4.69) is 40.0 Å². The molecular weight excluding hydrogens is 367 g/mol. The number of hydrogen-bond donors (Lipinski definition) is 1. The van der Waals surface area contributed by atoms with E-state index in [0.717, 1.165) is 27.9 Å². The summed E-state index contributed by atoms with van der Waals surface area (Å²) in [6.07, 6.45) is 4.45. The average molecular weight is 386 g/mol. The molecule has 1 aromatic carbocycles. The minimum atomic E-state index is -0.167. The molecule has 1 amide bonds. The molecule has 0 radical (unpaired) electrons. The molecule has 1 fully saturated rings. The molecule has 1 aliphatic carbocycles. The molecule has 2 rings (SSSR count). The van der Waals surface area contributed by atoms with E-state index in [1.165, 1.54) is 12.8 Å². The molecule has 1 unspecified atom stereocenters. The number of nitrogens with one attached hydrogen (secondary N) is 1. The van der Waals surface area contributed by atoms with Crippen LogP contribution in [0.5, 0.6) is 5.75 Å². The first kappa shape index (κ1) is 15.3. The van der Waals surface area contributed by atoms with E-state index < -0.39 is 0 Å². The van der Waals surface area contributed by atoms with Gasteiger partial charge in [0, 0.05) is 11.3 Å². The Morgan fingerprint density at radius 2 is 2.35 bits per heavy atom. The number of methoxy groups -OCH3 is 1. The Hall–Kier alpha value is -1.11. The lowest BCUT2D eigenvalue weighted by Crippen LogP contribution is -2.21. The van der Waals surface area contributed by atoms with Gasteiger partial charge in [-0.25, -0.2) is 5.43 Å². The van der Waals surface area contributed by atoms with E-state index in [4.69, 9.17) is 4.74 Å². The molecule has 1 aliphatic rings. The van der Waals surface area contributed by atoms with Gasteiger partial charge in [0.05, 0.1) is 10.7 Å². The Kier molecular flexibility index (Phi) is 5.39. The van der Waals surface area contributed by atoms with Crippen LogP contribution in [0.1, 0.15) is 43.0 Å². The van der Waals surface area contributed by atoms with Crippen molar-refractivity contribution in [3.05, 3.63) is 27.3 Å². The van der Waals surface area contributed by atoms with Gasteiger partial charge in [-0.2, -0.15) is 5.10 Å². The van der Waals surface area contributed by atoms with Crippen molar-refractivity contribution in [2.24, 2.45) is 11.0 Å². The van der Waals surface area contributed by atoms with Crippen LogP contribution in [0.3, 0.4) is 0 Å². The maximum atomic E-state index is 12.1. The summed E-state index contributed by atoms with van der Waals surface area (Å²) in [5.41, 5.74) is 4.41. The van der Waals surface area contributed by atoms with Crippen LogP contribution in [0.25, 0.3) is 0 Å². The lowest BCUT2D eigenvalue weighted by Gasteiger charge is -2.08. The molecule has 5 heteroatoms. The number of amides is 1. The van der Waals surface area contributed by atoms with Crippen LogP contribution in [-0.4, -0.2) is 18.7 Å². The second kappa shape index (κ2) is 7.06. The maximum Gasteiger partial charge on any atom is 0.271 e. The predicted octanol–water partition coefficient (Wildman–Crippen LogP) is 3.60. The zero-order chi connectivity index (χ0) is 14.5. The zero-order valence-electron chi connectivity index (χ0n) is 11.8. The number of rotatable bonds is 4. The van der Waals surface area contributed by atoms with Gasteiger partial charge < -0.3 is 4.74 Å². The molecule has 108 valence electrons. The molecule has 0 aromatic heterocycles. The van der Waals surface area contributed by atoms with Gasteiger partial charge in [0.2, 0.25) is 0 Å². The Morgan fingerprint density at radius 3 is 3.00 bits per heavy atom. The number of benzene rings is 1. The highest BCUT2D eigenvalue weighted by molar-refractivity contribution is 14.1. The quantitative estimate of drug-likeness (QED) is 0.635. The summed E-state index contributed by atoms with van der Waals surface area (Å²) in [6.45, 7) is 2.17. The van der Waals surface area contributed by atoms with Gasteiger partial charge in [-0.05, 0) is 72.4 Å². The van der Waals surface area contributed by atoms with Crippen molar-refractivity contribution < 1.29 is 9.53 Å². The number of carbonyl (C=O) groups excluding carboxylic acids is 1. The predicted molar refractivity (Wildman–Crippen MR) is 88.2 cm³/mol. The van der Waals surface area contributed by atoms with E-state index >= 15 is 0 Å². The van der Waals surface area contributed by atoms with Crippen LogP contribution < -0.4 is 10.2 Å². The van der Waals surface area contributed by atoms with Crippen molar-refractivity contribution in [1.29, 1.82) is 0 Å². The Balaban J connectivity index is 2.05. The molecule has 1 atom stereocenters. The second-order valence-corrected chi connectivity index (χ2v) is 6.05. The Labute approximate surface area is 133 Å². The van der Waals surface area contributed by atoms with Gasteiger partial charge in [-0.15, -0.1) is 0 Å². The van der Waals surface area contributed by atoms with Crippen molar-refractivity contribution in [2.75, 3.05) is 7.11 Å². The third-order valence-electron chi connectivity index (χ3n) is 3.66.